The number of para-hydroxylation sites is 6. The van der Waals surface area contributed by atoms with Crippen LogP contribution in [0.3, 0.4) is 0 Å². The van der Waals surface area contributed by atoms with Crippen LogP contribution in [-0.4, -0.2) is 145 Å². The standard InChI is InChI=1S/C82H62N6O11P6.C12H24N6O6.C12H8O2P/c89-100(49-56-25-1-2-26-57(56)63-32-8-19-43-74(63)100)50-86(51-101(90)75-44-20-9-33-64(75)58-27-3-14-38-69(58)95-101)80-83-81(87(52-102(91)76-45-21-10-34-65(76)59-28-4-15-39-70(59)96-102)53-103(92)77-46-22-11-35-66(77)60-29-5-16-40-71(60)97-103)85-82(84-80)88(54-104(93)78-47-23-12-36-67(78)61-30-6-17-41-72(61)98-104)55-105(94)79-48-24-13-37-68(79)62-31-7-18-42-73(62)99-105;1-22-7-16(4-19)10-13-11(17(5-20)8-23-2)15-12(14-10)18(6-21)9-24-3;13-15-12-8-4-2-6-10(12)9-5-1-3-7-11(9)14-15/h1-48H,49-55H2;19-21H,4-9H2,1-3H3;1-8H/q;;+1. The Morgan fingerprint density at radius 1 is 0.271 bits per heavy atom. The molecule has 6 aliphatic rings. The number of anilines is 6. The van der Waals surface area contributed by atoms with E-state index in [9.17, 15) is 19.9 Å². The Morgan fingerprint density at radius 2 is 0.507 bits per heavy atom. The maximum Gasteiger partial charge on any atom is 0.597 e. The van der Waals surface area contributed by atoms with Crippen LogP contribution in [0.25, 0.3) is 88.2 Å². The Kier molecular flexibility index (Phi) is 26.9. The topological polar surface area (TPSA) is 364 Å². The lowest BCUT2D eigenvalue weighted by Crippen LogP contribution is -2.39. The Bertz CT molecular complexity index is 7230. The van der Waals surface area contributed by atoms with Crippen molar-refractivity contribution in [1.29, 1.82) is 0 Å². The summed E-state index contributed by atoms with van der Waals surface area (Å²) < 4.78 is 169. The predicted octanol–water partition coefficient (Wildman–Crippen LogP) is 20.5. The lowest BCUT2D eigenvalue weighted by atomic mass is 10.0. The maximum atomic E-state index is 17.2. The van der Waals surface area contributed by atoms with Crippen molar-refractivity contribution >= 4 is 141 Å². The number of benzene rings is 14. The van der Waals surface area contributed by atoms with Gasteiger partial charge in [0.15, 0.2) is 5.58 Å². The van der Waals surface area contributed by atoms with Gasteiger partial charge in [0.05, 0.1) is 32.8 Å². The van der Waals surface area contributed by atoms with Gasteiger partial charge in [-0.2, -0.15) is 29.9 Å². The maximum absolute atomic E-state index is 17.2. The van der Waals surface area contributed by atoms with E-state index < -0.39 is 103 Å². The third kappa shape index (κ3) is 18.4. The van der Waals surface area contributed by atoms with Gasteiger partial charge in [-0.15, -0.1) is 0 Å². The van der Waals surface area contributed by atoms with Crippen LogP contribution in [-0.2, 0) is 52.3 Å². The van der Waals surface area contributed by atoms with E-state index in [1.54, 1.807) is 120 Å². The number of hydrogen-bond donors (Lipinski definition) is 3. The lowest BCUT2D eigenvalue weighted by Gasteiger charge is -2.38. The van der Waals surface area contributed by atoms with Crippen molar-refractivity contribution < 1.29 is 88.3 Å². The molecule has 38 heteroatoms. The van der Waals surface area contributed by atoms with E-state index in [0.717, 1.165) is 32.6 Å². The number of methoxy groups -OCH3 is 3. The van der Waals surface area contributed by atoms with Crippen LogP contribution in [0.4, 0.5) is 35.7 Å². The summed E-state index contributed by atoms with van der Waals surface area (Å²) in [5.41, 5.74) is 9.98. The van der Waals surface area contributed by atoms with Crippen LogP contribution in [0.1, 0.15) is 5.56 Å². The molecular weight excluding hydrogens is 1960 g/mol. The molecule has 6 aliphatic heterocycles. The van der Waals surface area contributed by atoms with Gasteiger partial charge in [-0.3, -0.25) is 37.5 Å². The molecule has 0 fully saturated rings. The van der Waals surface area contributed by atoms with E-state index in [2.05, 4.69) is 15.0 Å². The van der Waals surface area contributed by atoms with Crippen molar-refractivity contribution in [3.63, 3.8) is 0 Å². The number of nitrogens with zero attached hydrogens (tertiary/aromatic N) is 12. The van der Waals surface area contributed by atoms with E-state index in [0.29, 0.717) is 122 Å². The first kappa shape index (κ1) is 96.1. The normalized spacial score (nSPS) is 18.9. The summed E-state index contributed by atoms with van der Waals surface area (Å²) in [6.45, 7) is -1.10. The molecule has 9 heterocycles. The molecule has 7 unspecified atom stereocenters. The highest BCUT2D eigenvalue weighted by Crippen LogP contribution is 2.65. The van der Waals surface area contributed by atoms with Crippen LogP contribution >= 0.6 is 51.6 Å². The zero-order valence-electron chi connectivity index (χ0n) is 77.9. The molecule has 17 aromatic rings. The van der Waals surface area contributed by atoms with E-state index in [1.807, 2.05) is 224 Å². The highest BCUT2D eigenvalue weighted by molar-refractivity contribution is 7.72. The summed E-state index contributed by atoms with van der Waals surface area (Å²) in [5.74, 6) is 1.21. The molecule has 3 N–H and O–H groups in total. The van der Waals surface area contributed by atoms with Crippen LogP contribution in [0, 0.1) is 0 Å². The van der Waals surface area contributed by atoms with Gasteiger partial charge in [-0.05, 0) is 128 Å². The minimum Gasteiger partial charge on any atom is -0.438 e. The van der Waals surface area contributed by atoms with Crippen LogP contribution < -0.4 is 83.8 Å². The van der Waals surface area contributed by atoms with E-state index >= 15 is 27.4 Å². The smallest absolute Gasteiger partial charge is 0.438 e. The molecular formula is C106H94N12O19P7+. The monoisotopic (exact) mass is 2060 g/mol. The summed E-state index contributed by atoms with van der Waals surface area (Å²) >= 11 is 0. The molecule has 0 saturated carbocycles. The minimum absolute atomic E-state index is 0.0339. The molecule has 0 saturated heterocycles. The first-order valence-electron chi connectivity index (χ1n) is 45.9. The van der Waals surface area contributed by atoms with Crippen molar-refractivity contribution in [2.24, 2.45) is 0 Å². The SMILES string of the molecule is COCN(CO)c1nc(N(CO)COC)nc(N(CO)COC)n1.O=P1(CN(CP2(=O)Oc3ccccc3-c3ccccc32)c2nc(N(CP3(=O)Oc4ccccc4-c4ccccc43)CP3(=O)Oc4ccccc4-c4ccccc43)nc(N(CP3(=O)Oc4ccccc4-c4ccccc43)CP3(=O)Oc4ccccc4-c4ccccc43)n2)Cc2ccccc2-c2ccccc21.O=[p+]1oc2ccccc2c2ccccc21. The molecule has 7 atom stereocenters. The Labute approximate surface area is 829 Å². The molecule has 0 radical (unpaired) electrons. The molecule has 0 bridgehead atoms. The third-order valence-corrected chi connectivity index (χ3v) is 41.2. The van der Waals surface area contributed by atoms with Crippen LogP contribution in [0.15, 0.2) is 344 Å². The zero-order chi connectivity index (χ0) is 99.1. The quantitative estimate of drug-likeness (QED) is 0.0244. The largest absolute Gasteiger partial charge is 0.597 e. The average Bonchev–Trinajstić information content (AvgIpc) is 0.719. The van der Waals surface area contributed by atoms with Crippen molar-refractivity contribution in [3.05, 3.63) is 345 Å². The van der Waals surface area contributed by atoms with Crippen molar-refractivity contribution in [2.75, 3.05) is 129 Å². The molecule has 31 nitrogen and oxygen atoms in total. The number of ether oxygens (including phenoxy) is 3. The van der Waals surface area contributed by atoms with Gasteiger partial charge >= 0.3 is 7.65 Å². The number of aliphatic hydroxyl groups excluding tert-OH is 3. The summed E-state index contributed by atoms with van der Waals surface area (Å²) in [5, 5.41) is 33.6. The predicted molar refractivity (Wildman–Crippen MR) is 563 cm³/mol. The van der Waals surface area contributed by atoms with Crippen molar-refractivity contribution in [3.8, 4) is 95.5 Å². The van der Waals surface area contributed by atoms with Crippen molar-refractivity contribution in [1.82, 2.24) is 29.9 Å². The summed E-state index contributed by atoms with van der Waals surface area (Å²) in [7, 11) is -22.8. The molecule has 3 aromatic heterocycles. The number of hydrogen-bond acceptors (Lipinski definition) is 31. The fraction of sp³-hybridized carbons (Fsp3) is 0.151. The van der Waals surface area contributed by atoms with E-state index in [4.69, 9.17) is 56.0 Å². The Morgan fingerprint density at radius 3 is 0.819 bits per heavy atom. The Balaban J connectivity index is 0.000000260. The highest BCUT2D eigenvalue weighted by Gasteiger charge is 2.50. The number of rotatable bonds is 27. The molecule has 0 spiro atoms. The molecule has 0 aliphatic carbocycles. The second-order valence-electron chi connectivity index (χ2n) is 34.7. The van der Waals surface area contributed by atoms with Gasteiger partial charge in [-0.25, -0.2) is 4.20 Å². The summed E-state index contributed by atoms with van der Waals surface area (Å²) in [6.07, 6.45) is -3.07. The first-order chi connectivity index (χ1) is 70.1. The number of aliphatic hydroxyl groups is 3. The zero-order valence-corrected chi connectivity index (χ0v) is 84.2. The van der Waals surface area contributed by atoms with E-state index in [1.165, 1.54) is 45.8 Å². The molecule has 0 amide bonds. The highest BCUT2D eigenvalue weighted by atomic mass is 31.2. The molecule has 23 rings (SSSR count). The second-order valence-corrected chi connectivity index (χ2v) is 50.2. The number of aromatic nitrogens is 6. The van der Waals surface area contributed by atoms with Gasteiger partial charge in [0.2, 0.25) is 40.8 Å². The second kappa shape index (κ2) is 40.3. The summed E-state index contributed by atoms with van der Waals surface area (Å²) in [4.78, 5) is 37.8. The van der Waals surface area contributed by atoms with Crippen LogP contribution in [0.2, 0.25) is 0 Å². The minimum atomic E-state index is -4.33. The summed E-state index contributed by atoms with van der Waals surface area (Å²) in [6, 6.07) is 104. The molecule has 144 heavy (non-hydrogen) atoms. The Hall–Kier alpha value is -14.1. The number of fused-ring (bicyclic) bond motifs is 21. The first-order valence-corrected chi connectivity index (χ1v) is 58.2. The van der Waals surface area contributed by atoms with E-state index in [-0.39, 0.29) is 68.3 Å². The van der Waals surface area contributed by atoms with Gasteiger partial charge in [0, 0.05) is 71.4 Å². The van der Waals surface area contributed by atoms with Gasteiger partial charge < -0.3 is 71.4 Å². The van der Waals surface area contributed by atoms with Gasteiger partial charge in [0.25, 0.3) is 36.8 Å². The average molecular weight is 2060 g/mol. The molecule has 726 valence electrons. The lowest BCUT2D eigenvalue weighted by molar-refractivity contribution is 0.161. The fourth-order valence-electron chi connectivity index (χ4n) is 19.0. The third-order valence-electron chi connectivity index (χ3n) is 25.5. The molecule has 14 aromatic carbocycles. The van der Waals surface area contributed by atoms with Gasteiger partial charge in [-0.1, -0.05) is 261 Å². The fourth-order valence-corrected chi connectivity index (χ4v) is 35.2. The van der Waals surface area contributed by atoms with Crippen molar-refractivity contribution in [2.45, 2.75) is 6.16 Å². The van der Waals surface area contributed by atoms with Gasteiger partial charge in [0.1, 0.15) is 108 Å². The van der Waals surface area contributed by atoms with Crippen LogP contribution in [0.5, 0.6) is 28.7 Å².